The standard InChI is InChI=1S/C13H9ClIN3/c1-8-12-11(14)6-7-16-13(12)18(17-8)10-4-2-9(15)3-5-10/h2-7H,1H3. The van der Waals surface area contributed by atoms with Crippen molar-refractivity contribution in [2.75, 3.05) is 0 Å². The molecule has 2 aromatic heterocycles. The van der Waals surface area contributed by atoms with E-state index in [4.69, 9.17) is 11.6 Å². The summed E-state index contributed by atoms with van der Waals surface area (Å²) in [5.41, 5.74) is 2.67. The number of pyridine rings is 1. The largest absolute Gasteiger partial charge is 0.236 e. The van der Waals surface area contributed by atoms with E-state index < -0.39 is 0 Å². The predicted octanol–water partition coefficient (Wildman–Crippen LogP) is 3.99. The van der Waals surface area contributed by atoms with Crippen molar-refractivity contribution in [2.45, 2.75) is 6.92 Å². The van der Waals surface area contributed by atoms with Crippen LogP contribution < -0.4 is 0 Å². The molecule has 3 rings (SSSR count). The van der Waals surface area contributed by atoms with E-state index in [0.29, 0.717) is 5.02 Å². The molecule has 0 bridgehead atoms. The van der Waals surface area contributed by atoms with Crippen LogP contribution in [0.5, 0.6) is 0 Å². The van der Waals surface area contributed by atoms with Crippen molar-refractivity contribution in [1.29, 1.82) is 0 Å². The first-order chi connectivity index (χ1) is 8.66. The summed E-state index contributed by atoms with van der Waals surface area (Å²) in [5, 5.41) is 6.12. The van der Waals surface area contributed by atoms with Crippen LogP contribution in [0, 0.1) is 10.5 Å². The molecule has 2 heterocycles. The number of aromatic nitrogens is 3. The van der Waals surface area contributed by atoms with Crippen LogP contribution in [-0.2, 0) is 0 Å². The number of fused-ring (bicyclic) bond motifs is 1. The van der Waals surface area contributed by atoms with Crippen molar-refractivity contribution >= 4 is 45.2 Å². The Bertz CT molecular complexity index is 719. The summed E-state index contributed by atoms with van der Waals surface area (Å²) >= 11 is 8.47. The van der Waals surface area contributed by atoms with Crippen molar-refractivity contribution in [3.63, 3.8) is 0 Å². The molecule has 0 aliphatic rings. The van der Waals surface area contributed by atoms with Gasteiger partial charge in [-0.15, -0.1) is 0 Å². The number of hydrogen-bond donors (Lipinski definition) is 0. The molecule has 90 valence electrons. The van der Waals surface area contributed by atoms with Gasteiger partial charge in [0, 0.05) is 9.77 Å². The number of nitrogens with zero attached hydrogens (tertiary/aromatic N) is 3. The molecule has 0 radical (unpaired) electrons. The normalized spacial score (nSPS) is 11.1. The van der Waals surface area contributed by atoms with E-state index in [0.717, 1.165) is 22.4 Å². The minimum absolute atomic E-state index is 0.689. The second-order valence-corrected chi connectivity index (χ2v) is 5.62. The molecule has 1 aromatic carbocycles. The van der Waals surface area contributed by atoms with Gasteiger partial charge in [-0.3, -0.25) is 0 Å². The molecule has 0 amide bonds. The van der Waals surface area contributed by atoms with Crippen LogP contribution >= 0.6 is 34.2 Å². The zero-order chi connectivity index (χ0) is 12.7. The Morgan fingerprint density at radius 1 is 1.17 bits per heavy atom. The zero-order valence-electron chi connectivity index (χ0n) is 9.56. The summed E-state index contributed by atoms with van der Waals surface area (Å²) < 4.78 is 3.02. The van der Waals surface area contributed by atoms with Gasteiger partial charge in [-0.25, -0.2) is 9.67 Å². The SMILES string of the molecule is Cc1nn(-c2ccc(I)cc2)c2nccc(Cl)c12. The van der Waals surface area contributed by atoms with Crippen molar-refractivity contribution in [3.05, 3.63) is 50.8 Å². The number of halogens is 2. The van der Waals surface area contributed by atoms with Gasteiger partial charge in [-0.1, -0.05) is 11.6 Å². The molecule has 0 fully saturated rings. The monoisotopic (exact) mass is 369 g/mol. The van der Waals surface area contributed by atoms with Crippen LogP contribution in [0.2, 0.25) is 5.02 Å². The van der Waals surface area contributed by atoms with Crippen LogP contribution in [0.1, 0.15) is 5.69 Å². The van der Waals surface area contributed by atoms with E-state index in [9.17, 15) is 0 Å². The average molecular weight is 370 g/mol. The summed E-state index contributed by atoms with van der Waals surface area (Å²) in [6, 6.07) is 9.93. The van der Waals surface area contributed by atoms with E-state index in [2.05, 4.69) is 32.7 Å². The molecule has 0 N–H and O–H groups in total. The minimum Gasteiger partial charge on any atom is -0.236 e. The molecule has 5 heteroatoms. The average Bonchev–Trinajstić information content (AvgIpc) is 2.69. The highest BCUT2D eigenvalue weighted by atomic mass is 127. The Balaban J connectivity index is 2.30. The van der Waals surface area contributed by atoms with Gasteiger partial charge in [-0.05, 0) is 59.8 Å². The second kappa shape index (κ2) is 4.51. The second-order valence-electron chi connectivity index (χ2n) is 3.97. The molecule has 0 spiro atoms. The highest BCUT2D eigenvalue weighted by molar-refractivity contribution is 14.1. The molecule has 3 nitrogen and oxygen atoms in total. The lowest BCUT2D eigenvalue weighted by Crippen LogP contribution is -1.97. The third kappa shape index (κ3) is 1.89. The fourth-order valence-electron chi connectivity index (χ4n) is 1.93. The molecule has 0 aliphatic carbocycles. The molecule has 0 aliphatic heterocycles. The van der Waals surface area contributed by atoms with E-state index in [-0.39, 0.29) is 0 Å². The maximum absolute atomic E-state index is 6.19. The first kappa shape index (κ1) is 11.9. The van der Waals surface area contributed by atoms with Crippen molar-refractivity contribution in [3.8, 4) is 5.69 Å². The molecule has 3 aromatic rings. The summed E-state index contributed by atoms with van der Waals surface area (Å²) in [6.45, 7) is 1.94. The lowest BCUT2D eigenvalue weighted by atomic mass is 10.3. The van der Waals surface area contributed by atoms with Crippen LogP contribution in [0.25, 0.3) is 16.7 Å². The molecular weight excluding hydrogens is 361 g/mol. The molecule has 0 atom stereocenters. The van der Waals surface area contributed by atoms with Crippen molar-refractivity contribution in [2.24, 2.45) is 0 Å². The molecule has 0 saturated heterocycles. The van der Waals surface area contributed by atoms with Crippen LogP contribution in [0.15, 0.2) is 36.5 Å². The van der Waals surface area contributed by atoms with Crippen LogP contribution in [0.4, 0.5) is 0 Å². The summed E-state index contributed by atoms with van der Waals surface area (Å²) in [7, 11) is 0. The fraction of sp³-hybridized carbons (Fsp3) is 0.0769. The molecule has 0 unspecified atom stereocenters. The number of benzene rings is 1. The maximum Gasteiger partial charge on any atom is 0.164 e. The van der Waals surface area contributed by atoms with E-state index in [1.807, 2.05) is 35.9 Å². The third-order valence-electron chi connectivity index (χ3n) is 2.76. The quantitative estimate of drug-likeness (QED) is 0.607. The molecule has 18 heavy (non-hydrogen) atoms. The lowest BCUT2D eigenvalue weighted by molar-refractivity contribution is 0.877. The Kier molecular flexibility index (Phi) is 2.99. The topological polar surface area (TPSA) is 30.7 Å². The van der Waals surface area contributed by atoms with Gasteiger partial charge >= 0.3 is 0 Å². The smallest absolute Gasteiger partial charge is 0.164 e. The summed E-state index contributed by atoms with van der Waals surface area (Å²) in [6.07, 6.45) is 1.70. The molecular formula is C13H9ClIN3. The highest BCUT2D eigenvalue weighted by Crippen LogP contribution is 2.26. The Morgan fingerprint density at radius 2 is 1.89 bits per heavy atom. The predicted molar refractivity (Wildman–Crippen MR) is 81.3 cm³/mol. The van der Waals surface area contributed by atoms with Gasteiger partial charge in [-0.2, -0.15) is 5.10 Å². The van der Waals surface area contributed by atoms with Crippen molar-refractivity contribution < 1.29 is 0 Å². The number of rotatable bonds is 1. The van der Waals surface area contributed by atoms with Gasteiger partial charge in [0.15, 0.2) is 5.65 Å². The Labute approximate surface area is 123 Å². The fourth-order valence-corrected chi connectivity index (χ4v) is 2.57. The summed E-state index contributed by atoms with van der Waals surface area (Å²) in [5.74, 6) is 0. The van der Waals surface area contributed by atoms with Gasteiger partial charge in [0.1, 0.15) is 0 Å². The maximum atomic E-state index is 6.19. The van der Waals surface area contributed by atoms with Gasteiger partial charge in [0.05, 0.1) is 21.8 Å². The molecule has 0 saturated carbocycles. The van der Waals surface area contributed by atoms with Crippen LogP contribution in [-0.4, -0.2) is 14.8 Å². The Morgan fingerprint density at radius 3 is 2.61 bits per heavy atom. The van der Waals surface area contributed by atoms with Crippen LogP contribution in [0.3, 0.4) is 0 Å². The minimum atomic E-state index is 0.689. The first-order valence-electron chi connectivity index (χ1n) is 5.42. The van der Waals surface area contributed by atoms with Crippen molar-refractivity contribution in [1.82, 2.24) is 14.8 Å². The lowest BCUT2D eigenvalue weighted by Gasteiger charge is -2.02. The first-order valence-corrected chi connectivity index (χ1v) is 6.88. The highest BCUT2D eigenvalue weighted by Gasteiger charge is 2.12. The van der Waals surface area contributed by atoms with Gasteiger partial charge in [0.25, 0.3) is 0 Å². The van der Waals surface area contributed by atoms with Gasteiger partial charge < -0.3 is 0 Å². The third-order valence-corrected chi connectivity index (χ3v) is 3.80. The number of hydrogen-bond acceptors (Lipinski definition) is 2. The zero-order valence-corrected chi connectivity index (χ0v) is 12.5. The number of aryl methyl sites for hydroxylation is 1. The summed E-state index contributed by atoms with van der Waals surface area (Å²) in [4.78, 5) is 4.38. The van der Waals surface area contributed by atoms with Gasteiger partial charge in [0.2, 0.25) is 0 Å². The van der Waals surface area contributed by atoms with E-state index in [1.165, 1.54) is 3.57 Å². The van der Waals surface area contributed by atoms with E-state index >= 15 is 0 Å². The van der Waals surface area contributed by atoms with E-state index in [1.54, 1.807) is 12.3 Å². The Hall–Kier alpha value is -1.14.